The zero-order valence-corrected chi connectivity index (χ0v) is 9.50. The maximum atomic E-state index is 13.3. The molecule has 0 amide bonds. The minimum absolute atomic E-state index is 0.259. The first kappa shape index (κ1) is 11.4. The molecule has 84 valence electrons. The summed E-state index contributed by atoms with van der Waals surface area (Å²) in [7, 11) is 0. The molecule has 0 unspecified atom stereocenters. The van der Waals surface area contributed by atoms with Crippen molar-refractivity contribution in [3.8, 4) is 17.2 Å². The summed E-state index contributed by atoms with van der Waals surface area (Å²) < 4.78 is 13.3. The Morgan fingerprint density at radius 1 is 1.18 bits per heavy atom. The van der Waals surface area contributed by atoms with Crippen molar-refractivity contribution in [2.24, 2.45) is 0 Å². The van der Waals surface area contributed by atoms with E-state index in [0.717, 1.165) is 0 Å². The Morgan fingerprint density at radius 3 is 2.59 bits per heavy atom. The molecule has 2 aromatic carbocycles. The predicted molar refractivity (Wildman–Crippen MR) is 66.0 cm³/mol. The van der Waals surface area contributed by atoms with Crippen LogP contribution in [0, 0.1) is 17.1 Å². The summed E-state index contributed by atoms with van der Waals surface area (Å²) in [4.78, 5) is 0. The van der Waals surface area contributed by atoms with Crippen LogP contribution in [0.15, 0.2) is 36.4 Å². The molecule has 0 spiro atoms. The van der Waals surface area contributed by atoms with Crippen LogP contribution in [0.2, 0.25) is 5.02 Å². The molecule has 0 aliphatic rings. The van der Waals surface area contributed by atoms with Crippen LogP contribution in [0.3, 0.4) is 0 Å². The second-order valence-electron chi connectivity index (χ2n) is 3.57. The summed E-state index contributed by atoms with van der Waals surface area (Å²) in [5.41, 5.74) is 7.74. The Labute approximate surface area is 103 Å². The molecule has 0 radical (unpaired) electrons. The summed E-state index contributed by atoms with van der Waals surface area (Å²) in [5, 5.41) is 9.29. The summed E-state index contributed by atoms with van der Waals surface area (Å²) >= 11 is 5.79. The Morgan fingerprint density at radius 2 is 1.94 bits per heavy atom. The minimum Gasteiger partial charge on any atom is -0.398 e. The van der Waals surface area contributed by atoms with Crippen LogP contribution >= 0.6 is 11.6 Å². The largest absolute Gasteiger partial charge is 0.398 e. The van der Waals surface area contributed by atoms with Gasteiger partial charge in [-0.1, -0.05) is 17.7 Å². The third-order valence-corrected chi connectivity index (χ3v) is 2.59. The van der Waals surface area contributed by atoms with Gasteiger partial charge in [0.15, 0.2) is 0 Å². The molecule has 0 atom stereocenters. The molecule has 4 heteroatoms. The average molecular weight is 247 g/mol. The van der Waals surface area contributed by atoms with E-state index in [-0.39, 0.29) is 5.56 Å². The first-order valence-electron chi connectivity index (χ1n) is 4.86. The van der Waals surface area contributed by atoms with E-state index in [1.165, 1.54) is 12.1 Å². The molecular weight excluding hydrogens is 239 g/mol. The number of benzene rings is 2. The molecule has 0 fully saturated rings. The van der Waals surface area contributed by atoms with Gasteiger partial charge in [0.05, 0.1) is 11.6 Å². The topological polar surface area (TPSA) is 49.8 Å². The first-order valence-corrected chi connectivity index (χ1v) is 5.24. The number of nitriles is 1. The molecule has 17 heavy (non-hydrogen) atoms. The van der Waals surface area contributed by atoms with E-state index >= 15 is 0 Å². The lowest BCUT2D eigenvalue weighted by molar-refractivity contribution is 0.628. The van der Waals surface area contributed by atoms with Crippen LogP contribution in [-0.4, -0.2) is 0 Å². The van der Waals surface area contributed by atoms with Gasteiger partial charge >= 0.3 is 0 Å². The normalized spacial score (nSPS) is 9.94. The van der Waals surface area contributed by atoms with Crippen LogP contribution in [0.25, 0.3) is 11.1 Å². The van der Waals surface area contributed by atoms with Gasteiger partial charge in [-0.15, -0.1) is 0 Å². The Kier molecular flexibility index (Phi) is 2.99. The van der Waals surface area contributed by atoms with Crippen LogP contribution in [0.1, 0.15) is 5.56 Å². The van der Waals surface area contributed by atoms with Crippen LogP contribution < -0.4 is 5.73 Å². The second kappa shape index (κ2) is 4.44. The number of anilines is 1. The molecule has 0 saturated heterocycles. The molecule has 2 rings (SSSR count). The Bertz CT molecular complexity index is 617. The van der Waals surface area contributed by atoms with Crippen molar-refractivity contribution in [1.82, 2.24) is 0 Å². The number of nitrogen functional groups attached to an aromatic ring is 1. The summed E-state index contributed by atoms with van der Waals surface area (Å²) in [6.45, 7) is 0. The number of halogens is 2. The number of hydrogen-bond donors (Lipinski definition) is 1. The quantitative estimate of drug-likeness (QED) is 0.782. The SMILES string of the molecule is N#Cc1cc(F)cc(-c2ccc(Cl)cc2N)c1. The fourth-order valence-corrected chi connectivity index (χ4v) is 1.79. The van der Waals surface area contributed by atoms with Crippen molar-refractivity contribution in [3.63, 3.8) is 0 Å². The van der Waals surface area contributed by atoms with E-state index in [1.807, 2.05) is 6.07 Å². The maximum absolute atomic E-state index is 13.3. The number of hydrogen-bond acceptors (Lipinski definition) is 2. The lowest BCUT2D eigenvalue weighted by Crippen LogP contribution is -1.91. The van der Waals surface area contributed by atoms with E-state index < -0.39 is 5.82 Å². The zero-order chi connectivity index (χ0) is 12.4. The highest BCUT2D eigenvalue weighted by atomic mass is 35.5. The minimum atomic E-state index is -0.464. The predicted octanol–water partition coefficient (Wildman–Crippen LogP) is 3.60. The smallest absolute Gasteiger partial charge is 0.125 e. The van der Waals surface area contributed by atoms with E-state index in [9.17, 15) is 4.39 Å². The van der Waals surface area contributed by atoms with Gasteiger partial charge in [-0.3, -0.25) is 0 Å². The molecule has 0 aliphatic heterocycles. The van der Waals surface area contributed by atoms with Crippen LogP contribution in [0.4, 0.5) is 10.1 Å². The molecule has 0 saturated carbocycles. The van der Waals surface area contributed by atoms with Gasteiger partial charge in [-0.2, -0.15) is 5.26 Å². The lowest BCUT2D eigenvalue weighted by Gasteiger charge is -2.07. The van der Waals surface area contributed by atoms with Crippen LogP contribution in [0.5, 0.6) is 0 Å². The monoisotopic (exact) mass is 246 g/mol. The third-order valence-electron chi connectivity index (χ3n) is 2.35. The van der Waals surface area contributed by atoms with Gasteiger partial charge < -0.3 is 5.73 Å². The van der Waals surface area contributed by atoms with E-state index in [4.69, 9.17) is 22.6 Å². The highest BCUT2D eigenvalue weighted by Gasteiger charge is 2.06. The van der Waals surface area contributed by atoms with Crippen molar-refractivity contribution in [2.45, 2.75) is 0 Å². The molecule has 2 N–H and O–H groups in total. The Balaban J connectivity index is 2.61. The van der Waals surface area contributed by atoms with E-state index in [2.05, 4.69) is 0 Å². The first-order chi connectivity index (χ1) is 8.10. The van der Waals surface area contributed by atoms with E-state index in [1.54, 1.807) is 24.3 Å². The van der Waals surface area contributed by atoms with Gasteiger partial charge in [0.25, 0.3) is 0 Å². The lowest BCUT2D eigenvalue weighted by atomic mass is 10.0. The molecule has 0 heterocycles. The fourth-order valence-electron chi connectivity index (χ4n) is 1.61. The van der Waals surface area contributed by atoms with Crippen molar-refractivity contribution in [3.05, 3.63) is 52.8 Å². The molecule has 0 aromatic heterocycles. The molecular formula is C13H8ClFN2. The number of nitrogens with zero attached hydrogens (tertiary/aromatic N) is 1. The van der Waals surface area contributed by atoms with Gasteiger partial charge in [-0.05, 0) is 35.9 Å². The van der Waals surface area contributed by atoms with E-state index in [0.29, 0.717) is 21.8 Å². The number of rotatable bonds is 1. The van der Waals surface area contributed by atoms with Crippen molar-refractivity contribution < 1.29 is 4.39 Å². The highest BCUT2D eigenvalue weighted by molar-refractivity contribution is 6.31. The van der Waals surface area contributed by atoms with Crippen molar-refractivity contribution in [1.29, 1.82) is 5.26 Å². The number of nitrogens with two attached hydrogens (primary N) is 1. The van der Waals surface area contributed by atoms with Crippen molar-refractivity contribution >= 4 is 17.3 Å². The van der Waals surface area contributed by atoms with Gasteiger partial charge in [0.1, 0.15) is 5.82 Å². The van der Waals surface area contributed by atoms with Crippen molar-refractivity contribution in [2.75, 3.05) is 5.73 Å². The van der Waals surface area contributed by atoms with Gasteiger partial charge in [-0.25, -0.2) is 4.39 Å². The third kappa shape index (κ3) is 2.38. The standard InChI is InChI=1S/C13H8ClFN2/c14-10-1-2-12(13(17)6-10)9-3-8(7-16)4-11(15)5-9/h1-6H,17H2. The average Bonchev–Trinajstić information content (AvgIpc) is 2.28. The molecule has 0 bridgehead atoms. The highest BCUT2D eigenvalue weighted by Crippen LogP contribution is 2.29. The summed E-state index contributed by atoms with van der Waals surface area (Å²) in [6.07, 6.45) is 0. The fraction of sp³-hybridized carbons (Fsp3) is 0. The molecule has 0 aliphatic carbocycles. The van der Waals surface area contributed by atoms with Gasteiger partial charge in [0.2, 0.25) is 0 Å². The maximum Gasteiger partial charge on any atom is 0.125 e. The van der Waals surface area contributed by atoms with Crippen LogP contribution in [-0.2, 0) is 0 Å². The second-order valence-corrected chi connectivity index (χ2v) is 4.01. The molecule has 2 aromatic rings. The van der Waals surface area contributed by atoms with Gasteiger partial charge in [0, 0.05) is 16.3 Å². The summed E-state index contributed by atoms with van der Waals surface area (Å²) in [5.74, 6) is -0.464. The Hall–Kier alpha value is -2.05. The molecule has 2 nitrogen and oxygen atoms in total. The zero-order valence-electron chi connectivity index (χ0n) is 8.74. The summed E-state index contributed by atoms with van der Waals surface area (Å²) in [6, 6.07) is 11.0.